The number of aromatic nitrogens is 2. The van der Waals surface area contributed by atoms with Gasteiger partial charge in [0.2, 0.25) is 11.2 Å². The number of aryl methyl sites for hydroxylation is 1. The minimum atomic E-state index is -0.997. The lowest BCUT2D eigenvalue weighted by molar-refractivity contribution is -0.155. The average Bonchev–Trinajstić information content (AvgIpc) is 2.74. The molecule has 12 heteroatoms. The van der Waals surface area contributed by atoms with E-state index in [1.165, 1.54) is 11.0 Å². The van der Waals surface area contributed by atoms with Crippen LogP contribution < -0.4 is 5.32 Å². The third-order valence-electron chi connectivity index (χ3n) is 4.84. The zero-order chi connectivity index (χ0) is 25.5. The molecule has 0 aromatic carbocycles. The maximum absolute atomic E-state index is 13.3. The lowest BCUT2D eigenvalue weighted by Crippen LogP contribution is -2.56. The van der Waals surface area contributed by atoms with E-state index in [9.17, 15) is 19.2 Å². The van der Waals surface area contributed by atoms with Gasteiger partial charge in [-0.1, -0.05) is 0 Å². The van der Waals surface area contributed by atoms with Crippen molar-refractivity contribution >= 4 is 35.5 Å². The van der Waals surface area contributed by atoms with Crippen LogP contribution in [0, 0.1) is 6.92 Å². The molecule has 0 bridgehead atoms. The number of esters is 1. The Bertz CT molecular complexity index is 891. The number of piperazine rings is 1. The van der Waals surface area contributed by atoms with Gasteiger partial charge in [-0.15, -0.1) is 0 Å². The summed E-state index contributed by atoms with van der Waals surface area (Å²) in [6.07, 6.45) is -0.462. The maximum atomic E-state index is 13.3. The molecule has 1 N–H and O–H groups in total. The molecule has 1 atom stereocenters. The van der Waals surface area contributed by atoms with Crippen molar-refractivity contribution in [3.63, 3.8) is 0 Å². The van der Waals surface area contributed by atoms with Crippen molar-refractivity contribution in [1.82, 2.24) is 25.1 Å². The van der Waals surface area contributed by atoms with Gasteiger partial charge in [0.1, 0.15) is 17.3 Å². The SMILES string of the molecule is CCOC(=O)N1CCN(C(=O)C(CCC(=O)OC(C)(C)C)NC(=O)c2cc(C)nc(Cl)n2)CC1. The molecule has 11 nitrogen and oxygen atoms in total. The fourth-order valence-electron chi connectivity index (χ4n) is 3.34. The monoisotopic (exact) mass is 497 g/mol. The summed E-state index contributed by atoms with van der Waals surface area (Å²) in [7, 11) is 0. The number of amides is 3. The Hall–Kier alpha value is -2.95. The molecule has 2 rings (SSSR count). The fourth-order valence-corrected chi connectivity index (χ4v) is 3.56. The minimum Gasteiger partial charge on any atom is -0.460 e. The van der Waals surface area contributed by atoms with Gasteiger partial charge < -0.3 is 24.6 Å². The Labute approximate surface area is 204 Å². The summed E-state index contributed by atoms with van der Waals surface area (Å²) in [6.45, 7) is 10.1. The summed E-state index contributed by atoms with van der Waals surface area (Å²) in [5.41, 5.74) is -0.157. The van der Waals surface area contributed by atoms with Crippen LogP contribution in [-0.2, 0) is 19.1 Å². The van der Waals surface area contributed by atoms with Crippen molar-refractivity contribution in [3.05, 3.63) is 22.7 Å². The molecule has 1 saturated heterocycles. The van der Waals surface area contributed by atoms with E-state index >= 15 is 0 Å². The largest absolute Gasteiger partial charge is 0.460 e. The molecule has 2 heterocycles. The topological polar surface area (TPSA) is 131 Å². The predicted octanol–water partition coefficient (Wildman–Crippen LogP) is 1.96. The molecule has 1 aromatic heterocycles. The Morgan fingerprint density at radius 2 is 1.74 bits per heavy atom. The third-order valence-corrected chi connectivity index (χ3v) is 5.01. The molecule has 0 saturated carbocycles. The number of hydrogen-bond donors (Lipinski definition) is 1. The van der Waals surface area contributed by atoms with Gasteiger partial charge in [-0.2, -0.15) is 0 Å². The van der Waals surface area contributed by atoms with Gasteiger partial charge in [-0.25, -0.2) is 14.8 Å². The second kappa shape index (κ2) is 12.0. The molecule has 3 amide bonds. The number of hydrogen-bond acceptors (Lipinski definition) is 8. The number of nitrogens with zero attached hydrogens (tertiary/aromatic N) is 4. The number of carbonyl (C=O) groups excluding carboxylic acids is 4. The molecule has 1 aliphatic heterocycles. The molecule has 1 aliphatic rings. The molecule has 0 radical (unpaired) electrons. The molecule has 1 aromatic rings. The standard InChI is InChI=1S/C22H32ClN5O6/c1-6-33-21(32)28-11-9-27(10-12-28)19(31)15(7-8-17(29)34-22(3,4)5)25-18(30)16-13-14(2)24-20(23)26-16/h13,15H,6-12H2,1-5H3,(H,25,30). The molecular weight excluding hydrogens is 466 g/mol. The predicted molar refractivity (Wildman–Crippen MR) is 123 cm³/mol. The average molecular weight is 498 g/mol. The normalized spacial score (nSPS) is 14.9. The van der Waals surface area contributed by atoms with Crippen molar-refractivity contribution in [2.24, 2.45) is 0 Å². The van der Waals surface area contributed by atoms with Gasteiger partial charge >= 0.3 is 12.1 Å². The first-order chi connectivity index (χ1) is 15.9. The highest BCUT2D eigenvalue weighted by molar-refractivity contribution is 6.28. The fraction of sp³-hybridized carbons (Fsp3) is 0.636. The highest BCUT2D eigenvalue weighted by Crippen LogP contribution is 2.14. The lowest BCUT2D eigenvalue weighted by Gasteiger charge is -2.36. The number of halogens is 1. The van der Waals surface area contributed by atoms with Crippen molar-refractivity contribution in [3.8, 4) is 0 Å². The highest BCUT2D eigenvalue weighted by Gasteiger charge is 2.31. The Balaban J connectivity index is 2.11. The van der Waals surface area contributed by atoms with Gasteiger partial charge in [0.25, 0.3) is 5.91 Å². The highest BCUT2D eigenvalue weighted by atomic mass is 35.5. The van der Waals surface area contributed by atoms with E-state index in [2.05, 4.69) is 15.3 Å². The van der Waals surface area contributed by atoms with Gasteiger partial charge in [-0.3, -0.25) is 14.4 Å². The van der Waals surface area contributed by atoms with Gasteiger partial charge in [0.15, 0.2) is 0 Å². The van der Waals surface area contributed by atoms with Crippen molar-refractivity contribution < 1.29 is 28.7 Å². The van der Waals surface area contributed by atoms with E-state index in [0.717, 1.165) is 0 Å². The second-order valence-electron chi connectivity index (χ2n) is 8.83. The summed E-state index contributed by atoms with van der Waals surface area (Å²) in [5, 5.41) is 2.58. The molecule has 188 valence electrons. The van der Waals surface area contributed by atoms with Gasteiger partial charge in [0, 0.05) is 38.3 Å². The van der Waals surface area contributed by atoms with E-state index in [-0.39, 0.29) is 49.4 Å². The maximum Gasteiger partial charge on any atom is 0.409 e. The van der Waals surface area contributed by atoms with Crippen LogP contribution in [0.5, 0.6) is 0 Å². The molecular formula is C22H32ClN5O6. The zero-order valence-electron chi connectivity index (χ0n) is 20.2. The van der Waals surface area contributed by atoms with E-state index < -0.39 is 29.6 Å². The van der Waals surface area contributed by atoms with Crippen LogP contribution in [0.4, 0.5) is 4.79 Å². The minimum absolute atomic E-state index is 0.0136. The van der Waals surface area contributed by atoms with Crippen molar-refractivity contribution in [2.45, 2.75) is 59.1 Å². The first-order valence-corrected chi connectivity index (χ1v) is 11.5. The quantitative estimate of drug-likeness (QED) is 0.446. The summed E-state index contributed by atoms with van der Waals surface area (Å²) < 4.78 is 10.3. The first-order valence-electron chi connectivity index (χ1n) is 11.1. The summed E-state index contributed by atoms with van der Waals surface area (Å²) in [4.78, 5) is 61.2. The van der Waals surface area contributed by atoms with Crippen LogP contribution >= 0.6 is 11.6 Å². The van der Waals surface area contributed by atoms with Crippen LogP contribution in [-0.4, -0.2) is 88.1 Å². The molecule has 1 unspecified atom stereocenters. The van der Waals surface area contributed by atoms with Crippen LogP contribution in [0.3, 0.4) is 0 Å². The summed E-state index contributed by atoms with van der Waals surface area (Å²) in [6, 6.07) is 0.456. The lowest BCUT2D eigenvalue weighted by atomic mass is 10.1. The Kier molecular flexibility index (Phi) is 9.60. The molecule has 0 spiro atoms. The first kappa shape index (κ1) is 27.3. The number of nitrogens with one attached hydrogen (secondary N) is 1. The third kappa shape index (κ3) is 8.44. The van der Waals surface area contributed by atoms with Crippen LogP contribution in [0.1, 0.15) is 56.7 Å². The van der Waals surface area contributed by atoms with Crippen molar-refractivity contribution in [2.75, 3.05) is 32.8 Å². The van der Waals surface area contributed by atoms with E-state index in [4.69, 9.17) is 21.1 Å². The summed E-state index contributed by atoms with van der Waals surface area (Å²) >= 11 is 5.86. The molecule has 1 fully saturated rings. The Morgan fingerprint density at radius 1 is 1.12 bits per heavy atom. The molecule has 34 heavy (non-hydrogen) atoms. The van der Waals surface area contributed by atoms with Crippen LogP contribution in [0.15, 0.2) is 6.07 Å². The zero-order valence-corrected chi connectivity index (χ0v) is 21.0. The van der Waals surface area contributed by atoms with Crippen LogP contribution in [0.25, 0.3) is 0 Å². The Morgan fingerprint density at radius 3 is 2.29 bits per heavy atom. The number of rotatable bonds is 7. The number of carbonyl (C=O) groups is 4. The van der Waals surface area contributed by atoms with Gasteiger partial charge in [-0.05, 0) is 58.7 Å². The van der Waals surface area contributed by atoms with E-state index in [0.29, 0.717) is 18.8 Å². The second-order valence-corrected chi connectivity index (χ2v) is 9.16. The van der Waals surface area contributed by atoms with E-state index in [1.54, 1.807) is 39.5 Å². The number of ether oxygens (including phenoxy) is 2. The summed E-state index contributed by atoms with van der Waals surface area (Å²) in [5.74, 6) is -1.45. The van der Waals surface area contributed by atoms with Crippen molar-refractivity contribution in [1.29, 1.82) is 0 Å². The van der Waals surface area contributed by atoms with Gasteiger partial charge in [0.05, 0.1) is 6.61 Å². The molecule has 0 aliphatic carbocycles. The van der Waals surface area contributed by atoms with E-state index in [1.807, 2.05) is 0 Å². The van der Waals surface area contributed by atoms with Crippen LogP contribution in [0.2, 0.25) is 5.28 Å². The smallest absolute Gasteiger partial charge is 0.409 e.